The van der Waals surface area contributed by atoms with Gasteiger partial charge in [0.1, 0.15) is 11.9 Å². The van der Waals surface area contributed by atoms with Crippen LogP contribution in [0.25, 0.3) is 11.1 Å². The second kappa shape index (κ2) is 7.52. The molecule has 0 aliphatic carbocycles. The third-order valence-corrected chi connectivity index (χ3v) is 6.17. The first-order chi connectivity index (χ1) is 14.1. The Labute approximate surface area is 174 Å². The quantitative estimate of drug-likeness (QED) is 0.683. The summed E-state index contributed by atoms with van der Waals surface area (Å²) in [7, 11) is 0. The van der Waals surface area contributed by atoms with E-state index < -0.39 is 0 Å². The zero-order valence-corrected chi connectivity index (χ0v) is 17.4. The van der Waals surface area contributed by atoms with Gasteiger partial charge in [-0.15, -0.1) is 11.3 Å². The van der Waals surface area contributed by atoms with Gasteiger partial charge < -0.3 is 15.4 Å². The van der Waals surface area contributed by atoms with Crippen molar-refractivity contribution in [1.82, 2.24) is 15.6 Å². The average molecular weight is 405 g/mol. The molecule has 2 N–H and O–H groups in total. The Morgan fingerprint density at radius 2 is 2.00 bits per heavy atom. The summed E-state index contributed by atoms with van der Waals surface area (Å²) in [6, 6.07) is 15.4. The summed E-state index contributed by atoms with van der Waals surface area (Å²) in [5.41, 5.74) is 6.07. The van der Waals surface area contributed by atoms with Gasteiger partial charge in [0.2, 0.25) is 0 Å². The molecule has 6 heteroatoms. The molecule has 0 saturated heterocycles. The maximum atomic E-state index is 5.81. The topological polar surface area (TPSA) is 58.5 Å². The monoisotopic (exact) mass is 404 g/mol. The van der Waals surface area contributed by atoms with Crippen molar-refractivity contribution < 1.29 is 4.74 Å². The van der Waals surface area contributed by atoms with E-state index in [1.165, 1.54) is 22.3 Å². The van der Waals surface area contributed by atoms with E-state index >= 15 is 0 Å². The lowest BCUT2D eigenvalue weighted by Gasteiger charge is -2.11. The Balaban J connectivity index is 1.19. The van der Waals surface area contributed by atoms with Crippen LogP contribution >= 0.6 is 11.3 Å². The fraction of sp³-hybridized carbons (Fsp3) is 0.304. The second-order valence-corrected chi connectivity index (χ2v) is 8.75. The highest BCUT2D eigenvalue weighted by Gasteiger charge is 2.21. The largest absolute Gasteiger partial charge is 0.490 e. The number of aryl methyl sites for hydroxylation is 1. The molecule has 0 amide bonds. The van der Waals surface area contributed by atoms with Crippen molar-refractivity contribution in [2.45, 2.75) is 39.0 Å². The molecule has 1 aromatic heterocycles. The number of guanidine groups is 1. The molecule has 0 radical (unpaired) electrons. The van der Waals surface area contributed by atoms with E-state index in [4.69, 9.17) is 4.74 Å². The number of aliphatic imine (C=N–C) groups is 1. The molecule has 3 heterocycles. The summed E-state index contributed by atoms with van der Waals surface area (Å²) in [6.07, 6.45) is 1.27. The Morgan fingerprint density at radius 3 is 2.79 bits per heavy atom. The van der Waals surface area contributed by atoms with E-state index in [9.17, 15) is 0 Å². The molecule has 148 valence electrons. The first-order valence-corrected chi connectivity index (χ1v) is 10.9. The molecule has 2 aliphatic rings. The normalized spacial score (nSPS) is 20.0. The lowest BCUT2D eigenvalue weighted by Crippen LogP contribution is -2.35. The van der Waals surface area contributed by atoms with E-state index in [1.54, 1.807) is 11.3 Å². The Hall–Kier alpha value is -2.86. The van der Waals surface area contributed by atoms with Gasteiger partial charge in [-0.05, 0) is 48.2 Å². The van der Waals surface area contributed by atoms with Crippen LogP contribution in [0.5, 0.6) is 5.75 Å². The van der Waals surface area contributed by atoms with E-state index in [-0.39, 0.29) is 12.1 Å². The first-order valence-electron chi connectivity index (χ1n) is 10.00. The standard InChI is InChI=1S/C23H24N4OS/c1-14-9-19-10-18(7-8-22(19)28-14)17-5-3-16(4-6-17)11-24-23-25-12-20(27-23)21-13-29-15(2)26-21/h3-8,10,13-14,20H,9,11-12H2,1-2H3,(H2,24,25,27). The minimum Gasteiger partial charge on any atom is -0.490 e. The van der Waals surface area contributed by atoms with E-state index in [2.05, 4.69) is 75.4 Å². The maximum Gasteiger partial charge on any atom is 0.192 e. The van der Waals surface area contributed by atoms with Crippen LogP contribution in [-0.2, 0) is 13.0 Å². The third-order valence-electron chi connectivity index (χ3n) is 5.38. The van der Waals surface area contributed by atoms with Crippen molar-refractivity contribution in [3.05, 3.63) is 69.7 Å². The average Bonchev–Trinajstić information content (AvgIpc) is 3.45. The van der Waals surface area contributed by atoms with E-state index in [0.717, 1.165) is 41.9 Å². The van der Waals surface area contributed by atoms with Gasteiger partial charge in [0, 0.05) is 18.3 Å². The smallest absolute Gasteiger partial charge is 0.192 e. The molecule has 5 nitrogen and oxygen atoms in total. The van der Waals surface area contributed by atoms with Crippen molar-refractivity contribution in [1.29, 1.82) is 0 Å². The summed E-state index contributed by atoms with van der Waals surface area (Å²) < 4.78 is 5.81. The highest BCUT2D eigenvalue weighted by molar-refractivity contribution is 7.09. The summed E-state index contributed by atoms with van der Waals surface area (Å²) in [4.78, 5) is 9.13. The fourth-order valence-electron chi connectivity index (χ4n) is 3.86. The minimum atomic E-state index is 0.177. The molecule has 0 saturated carbocycles. The number of fused-ring (bicyclic) bond motifs is 1. The molecule has 5 rings (SSSR count). The number of benzene rings is 2. The summed E-state index contributed by atoms with van der Waals surface area (Å²) >= 11 is 1.68. The molecule has 3 aromatic rings. The van der Waals surface area contributed by atoms with Gasteiger partial charge in [-0.3, -0.25) is 4.99 Å². The highest BCUT2D eigenvalue weighted by atomic mass is 32.1. The predicted molar refractivity (Wildman–Crippen MR) is 118 cm³/mol. The van der Waals surface area contributed by atoms with Gasteiger partial charge in [-0.2, -0.15) is 0 Å². The van der Waals surface area contributed by atoms with Crippen molar-refractivity contribution in [3.63, 3.8) is 0 Å². The molecule has 29 heavy (non-hydrogen) atoms. The lowest BCUT2D eigenvalue weighted by molar-refractivity contribution is 0.254. The number of rotatable bonds is 4. The summed E-state index contributed by atoms with van der Waals surface area (Å²) in [6.45, 7) is 5.62. The number of aromatic nitrogens is 1. The minimum absolute atomic E-state index is 0.177. The fourth-order valence-corrected chi connectivity index (χ4v) is 4.52. The SMILES string of the molecule is Cc1nc(C2CN=C(NCc3ccc(-c4ccc5c(c4)CC(C)O5)cc3)N2)cs1. The van der Waals surface area contributed by atoms with Crippen LogP contribution in [0.4, 0.5) is 0 Å². The zero-order valence-electron chi connectivity index (χ0n) is 16.6. The molecule has 2 aromatic carbocycles. The van der Waals surface area contributed by atoms with Crippen molar-refractivity contribution in [3.8, 4) is 16.9 Å². The van der Waals surface area contributed by atoms with Crippen molar-refractivity contribution in [2.75, 3.05) is 6.54 Å². The number of hydrogen-bond donors (Lipinski definition) is 2. The van der Waals surface area contributed by atoms with Crippen LogP contribution in [0.1, 0.15) is 34.8 Å². The lowest BCUT2D eigenvalue weighted by atomic mass is 10.00. The molecular formula is C23H24N4OS. The Morgan fingerprint density at radius 1 is 1.17 bits per heavy atom. The van der Waals surface area contributed by atoms with Crippen LogP contribution in [0, 0.1) is 6.92 Å². The van der Waals surface area contributed by atoms with Crippen LogP contribution in [-0.4, -0.2) is 23.6 Å². The van der Waals surface area contributed by atoms with Crippen molar-refractivity contribution in [2.24, 2.45) is 4.99 Å². The van der Waals surface area contributed by atoms with Crippen LogP contribution in [0.2, 0.25) is 0 Å². The first kappa shape index (κ1) is 18.2. The van der Waals surface area contributed by atoms with Gasteiger partial charge in [-0.1, -0.05) is 30.3 Å². The zero-order chi connectivity index (χ0) is 19.8. The molecule has 0 fully saturated rings. The molecule has 0 spiro atoms. The summed E-state index contributed by atoms with van der Waals surface area (Å²) in [5, 5.41) is 10.0. The predicted octanol–water partition coefficient (Wildman–Crippen LogP) is 4.23. The second-order valence-electron chi connectivity index (χ2n) is 7.68. The number of thiazole rings is 1. The molecule has 0 bridgehead atoms. The Kier molecular flexibility index (Phi) is 4.72. The number of nitrogens with zero attached hydrogens (tertiary/aromatic N) is 2. The van der Waals surface area contributed by atoms with Gasteiger partial charge in [0.05, 0.1) is 23.3 Å². The number of hydrogen-bond acceptors (Lipinski definition) is 6. The summed E-state index contributed by atoms with van der Waals surface area (Å²) in [5.74, 6) is 1.87. The van der Waals surface area contributed by atoms with Gasteiger partial charge >= 0.3 is 0 Å². The maximum absolute atomic E-state index is 5.81. The molecule has 2 aliphatic heterocycles. The van der Waals surface area contributed by atoms with Crippen molar-refractivity contribution >= 4 is 17.3 Å². The van der Waals surface area contributed by atoms with Gasteiger partial charge in [-0.25, -0.2) is 4.98 Å². The third kappa shape index (κ3) is 3.85. The van der Waals surface area contributed by atoms with E-state index in [1.807, 2.05) is 6.92 Å². The highest BCUT2D eigenvalue weighted by Crippen LogP contribution is 2.32. The molecule has 2 unspecified atom stereocenters. The van der Waals surface area contributed by atoms with Gasteiger partial charge in [0.25, 0.3) is 0 Å². The number of ether oxygens (including phenoxy) is 1. The Bertz CT molecular complexity index is 1060. The number of nitrogens with one attached hydrogen (secondary N) is 2. The van der Waals surface area contributed by atoms with E-state index in [0.29, 0.717) is 0 Å². The van der Waals surface area contributed by atoms with Gasteiger partial charge in [0.15, 0.2) is 5.96 Å². The van der Waals surface area contributed by atoms with Crippen LogP contribution in [0.3, 0.4) is 0 Å². The molecule has 2 atom stereocenters. The molecular weight excluding hydrogens is 380 g/mol. The van der Waals surface area contributed by atoms with Crippen LogP contribution in [0.15, 0.2) is 52.8 Å². The van der Waals surface area contributed by atoms with Crippen LogP contribution < -0.4 is 15.4 Å².